The van der Waals surface area contributed by atoms with Crippen molar-refractivity contribution < 1.29 is 14.3 Å². The Balaban J connectivity index is 1.49. The lowest BCUT2D eigenvalue weighted by atomic mass is 10.1. The van der Waals surface area contributed by atoms with Crippen LogP contribution in [0.3, 0.4) is 0 Å². The molecule has 130 valence electrons. The maximum Gasteiger partial charge on any atom is 0.260 e. The standard InChI is InChI=1S/C19H26N2O3/c1-15(22)17-8-4-5-9-18(17)24-14-19(23)21-12-10-20(11-13-21)16-6-2-3-7-16/h4-5,8-9,16H,2-3,6-7,10-14H2,1H3. The molecule has 1 saturated carbocycles. The molecular weight excluding hydrogens is 304 g/mol. The number of benzene rings is 1. The Morgan fingerprint density at radius 2 is 1.75 bits per heavy atom. The molecule has 0 spiro atoms. The smallest absolute Gasteiger partial charge is 0.260 e. The van der Waals surface area contributed by atoms with E-state index in [0.29, 0.717) is 11.3 Å². The van der Waals surface area contributed by atoms with Crippen LogP contribution in [-0.4, -0.2) is 60.3 Å². The van der Waals surface area contributed by atoms with Gasteiger partial charge in [0.05, 0.1) is 5.56 Å². The van der Waals surface area contributed by atoms with E-state index in [9.17, 15) is 9.59 Å². The Labute approximate surface area is 143 Å². The topological polar surface area (TPSA) is 49.9 Å². The first-order valence-corrected chi connectivity index (χ1v) is 8.90. The molecule has 5 heteroatoms. The number of ketones is 1. The molecule has 1 aromatic carbocycles. The van der Waals surface area contributed by atoms with E-state index in [1.807, 2.05) is 11.0 Å². The lowest BCUT2D eigenvalue weighted by Gasteiger charge is -2.38. The molecule has 1 aromatic rings. The number of Topliss-reactive ketones (excluding diaryl/α,β-unsaturated/α-hetero) is 1. The van der Waals surface area contributed by atoms with Crippen LogP contribution in [0, 0.1) is 0 Å². The highest BCUT2D eigenvalue weighted by Crippen LogP contribution is 2.24. The molecule has 1 aliphatic carbocycles. The molecule has 0 radical (unpaired) electrons. The normalized spacial score (nSPS) is 19.5. The van der Waals surface area contributed by atoms with E-state index in [2.05, 4.69) is 4.90 Å². The Morgan fingerprint density at radius 3 is 2.42 bits per heavy atom. The number of amides is 1. The summed E-state index contributed by atoms with van der Waals surface area (Å²) in [7, 11) is 0. The summed E-state index contributed by atoms with van der Waals surface area (Å²) in [6.45, 7) is 4.96. The van der Waals surface area contributed by atoms with Crippen molar-refractivity contribution in [2.24, 2.45) is 0 Å². The van der Waals surface area contributed by atoms with Gasteiger partial charge in [-0.2, -0.15) is 0 Å². The zero-order chi connectivity index (χ0) is 16.9. The van der Waals surface area contributed by atoms with Gasteiger partial charge in [0.25, 0.3) is 5.91 Å². The van der Waals surface area contributed by atoms with E-state index in [1.165, 1.54) is 32.6 Å². The van der Waals surface area contributed by atoms with Crippen LogP contribution in [0.4, 0.5) is 0 Å². The Bertz CT molecular complexity index is 588. The second-order valence-electron chi connectivity index (χ2n) is 6.70. The predicted molar refractivity (Wildman–Crippen MR) is 92.4 cm³/mol. The first kappa shape index (κ1) is 17.0. The van der Waals surface area contributed by atoms with Crippen molar-refractivity contribution in [2.75, 3.05) is 32.8 Å². The molecule has 5 nitrogen and oxygen atoms in total. The maximum absolute atomic E-state index is 12.4. The SMILES string of the molecule is CC(=O)c1ccccc1OCC(=O)N1CCN(C2CCCC2)CC1. The molecule has 1 amide bonds. The first-order chi connectivity index (χ1) is 11.6. The number of piperazine rings is 1. The third-order valence-corrected chi connectivity index (χ3v) is 5.13. The van der Waals surface area contributed by atoms with Crippen molar-refractivity contribution in [1.29, 1.82) is 0 Å². The minimum absolute atomic E-state index is 0.000531. The van der Waals surface area contributed by atoms with E-state index >= 15 is 0 Å². The number of nitrogens with zero attached hydrogens (tertiary/aromatic N) is 2. The van der Waals surface area contributed by atoms with Crippen molar-refractivity contribution in [3.8, 4) is 5.75 Å². The molecule has 3 rings (SSSR count). The number of hydrogen-bond donors (Lipinski definition) is 0. The van der Waals surface area contributed by atoms with E-state index in [1.54, 1.807) is 18.2 Å². The summed E-state index contributed by atoms with van der Waals surface area (Å²) >= 11 is 0. The number of hydrogen-bond acceptors (Lipinski definition) is 4. The lowest BCUT2D eigenvalue weighted by molar-refractivity contribution is -0.135. The van der Waals surface area contributed by atoms with Gasteiger partial charge < -0.3 is 9.64 Å². The van der Waals surface area contributed by atoms with Crippen molar-refractivity contribution in [3.05, 3.63) is 29.8 Å². The van der Waals surface area contributed by atoms with Gasteiger partial charge in [0.15, 0.2) is 12.4 Å². The summed E-state index contributed by atoms with van der Waals surface area (Å²) in [4.78, 5) is 28.4. The molecule has 0 bridgehead atoms. The number of carbonyl (C=O) groups is 2. The van der Waals surface area contributed by atoms with E-state index in [0.717, 1.165) is 32.2 Å². The molecule has 0 unspecified atom stereocenters. The van der Waals surface area contributed by atoms with Crippen LogP contribution in [0.5, 0.6) is 5.75 Å². The molecular formula is C19H26N2O3. The fourth-order valence-electron chi connectivity index (χ4n) is 3.72. The average molecular weight is 330 g/mol. The third-order valence-electron chi connectivity index (χ3n) is 5.13. The summed E-state index contributed by atoms with van der Waals surface area (Å²) in [6.07, 6.45) is 5.29. The monoisotopic (exact) mass is 330 g/mol. The van der Waals surface area contributed by atoms with Crippen molar-refractivity contribution >= 4 is 11.7 Å². The number of carbonyl (C=O) groups excluding carboxylic acids is 2. The van der Waals surface area contributed by atoms with E-state index in [-0.39, 0.29) is 18.3 Å². The molecule has 24 heavy (non-hydrogen) atoms. The quantitative estimate of drug-likeness (QED) is 0.778. The van der Waals surface area contributed by atoms with Crippen LogP contribution < -0.4 is 4.74 Å². The maximum atomic E-state index is 12.4. The van der Waals surface area contributed by atoms with Crippen LogP contribution >= 0.6 is 0 Å². The van der Waals surface area contributed by atoms with Gasteiger partial charge in [-0.1, -0.05) is 25.0 Å². The fraction of sp³-hybridized carbons (Fsp3) is 0.579. The van der Waals surface area contributed by atoms with E-state index in [4.69, 9.17) is 4.74 Å². The van der Waals surface area contributed by atoms with Gasteiger partial charge in [-0.3, -0.25) is 14.5 Å². The van der Waals surface area contributed by atoms with Gasteiger partial charge in [0.2, 0.25) is 0 Å². The van der Waals surface area contributed by atoms with Gasteiger partial charge in [0.1, 0.15) is 5.75 Å². The van der Waals surface area contributed by atoms with Gasteiger partial charge in [-0.05, 0) is 31.9 Å². The van der Waals surface area contributed by atoms with Crippen molar-refractivity contribution in [3.63, 3.8) is 0 Å². The third kappa shape index (κ3) is 3.96. The first-order valence-electron chi connectivity index (χ1n) is 8.90. The largest absolute Gasteiger partial charge is 0.483 e. The van der Waals surface area contributed by atoms with Crippen molar-refractivity contribution in [1.82, 2.24) is 9.80 Å². The lowest BCUT2D eigenvalue weighted by Crippen LogP contribution is -2.52. The fourth-order valence-corrected chi connectivity index (χ4v) is 3.72. The molecule has 0 aromatic heterocycles. The highest BCUT2D eigenvalue weighted by molar-refractivity contribution is 5.96. The molecule has 1 saturated heterocycles. The molecule has 1 aliphatic heterocycles. The van der Waals surface area contributed by atoms with Gasteiger partial charge in [-0.15, -0.1) is 0 Å². The summed E-state index contributed by atoms with van der Waals surface area (Å²) in [5.41, 5.74) is 0.524. The zero-order valence-electron chi connectivity index (χ0n) is 14.4. The Morgan fingerprint density at radius 1 is 1.08 bits per heavy atom. The minimum atomic E-state index is -0.0526. The second-order valence-corrected chi connectivity index (χ2v) is 6.70. The summed E-state index contributed by atoms with van der Waals surface area (Å²) in [6, 6.07) is 7.80. The van der Waals surface area contributed by atoms with Gasteiger partial charge in [0, 0.05) is 32.2 Å². The molecule has 0 N–H and O–H groups in total. The molecule has 2 fully saturated rings. The summed E-state index contributed by atoms with van der Waals surface area (Å²) < 4.78 is 5.61. The van der Waals surface area contributed by atoms with Crippen LogP contribution in [-0.2, 0) is 4.79 Å². The zero-order valence-corrected chi connectivity index (χ0v) is 14.4. The van der Waals surface area contributed by atoms with Crippen LogP contribution in [0.2, 0.25) is 0 Å². The second kappa shape index (κ2) is 7.79. The van der Waals surface area contributed by atoms with Crippen molar-refractivity contribution in [2.45, 2.75) is 38.6 Å². The molecule has 0 atom stereocenters. The molecule has 1 heterocycles. The average Bonchev–Trinajstić information content (AvgIpc) is 3.14. The highest BCUT2D eigenvalue weighted by Gasteiger charge is 2.28. The molecule has 2 aliphatic rings. The minimum Gasteiger partial charge on any atom is -0.483 e. The number of para-hydroxylation sites is 1. The van der Waals surface area contributed by atoms with E-state index < -0.39 is 0 Å². The predicted octanol–water partition coefficient (Wildman–Crippen LogP) is 2.35. The van der Waals surface area contributed by atoms with Gasteiger partial charge >= 0.3 is 0 Å². The van der Waals surface area contributed by atoms with Crippen LogP contribution in [0.15, 0.2) is 24.3 Å². The Hall–Kier alpha value is -1.88. The van der Waals surface area contributed by atoms with Crippen LogP contribution in [0.25, 0.3) is 0 Å². The Kier molecular flexibility index (Phi) is 5.51. The number of rotatable bonds is 5. The van der Waals surface area contributed by atoms with Gasteiger partial charge in [-0.25, -0.2) is 0 Å². The highest BCUT2D eigenvalue weighted by atomic mass is 16.5. The number of ether oxygens (including phenoxy) is 1. The summed E-state index contributed by atoms with van der Waals surface area (Å²) in [5, 5.41) is 0. The summed E-state index contributed by atoms with van der Waals surface area (Å²) in [5.74, 6) is 0.436. The van der Waals surface area contributed by atoms with Crippen LogP contribution in [0.1, 0.15) is 43.0 Å².